The molecule has 3 aromatic rings. The lowest BCUT2D eigenvalue weighted by molar-refractivity contribution is -0.144. The van der Waals surface area contributed by atoms with E-state index in [1.807, 2.05) is 49.6 Å². The quantitative estimate of drug-likeness (QED) is 0.655. The van der Waals surface area contributed by atoms with Gasteiger partial charge >= 0.3 is 5.97 Å². The van der Waals surface area contributed by atoms with Crippen molar-refractivity contribution in [2.24, 2.45) is 0 Å². The summed E-state index contributed by atoms with van der Waals surface area (Å²) in [7, 11) is 0. The molecule has 0 fully saturated rings. The number of esters is 1. The first-order valence-electron chi connectivity index (χ1n) is 7.32. The minimum absolute atomic E-state index is 0.124. The number of hydrogen-bond donors (Lipinski definition) is 0. The van der Waals surface area contributed by atoms with Gasteiger partial charge in [-0.3, -0.25) is 4.79 Å². The van der Waals surface area contributed by atoms with E-state index < -0.39 is 0 Å². The molecule has 4 nitrogen and oxygen atoms in total. The molecule has 118 valence electrons. The van der Waals surface area contributed by atoms with Gasteiger partial charge in [0.1, 0.15) is 18.6 Å². The van der Waals surface area contributed by atoms with Crippen LogP contribution in [0.15, 0.2) is 46.4 Å². The van der Waals surface area contributed by atoms with Crippen LogP contribution in [0.25, 0.3) is 10.8 Å². The molecule has 0 saturated carbocycles. The van der Waals surface area contributed by atoms with Gasteiger partial charge in [0.25, 0.3) is 0 Å². The van der Waals surface area contributed by atoms with Crippen molar-refractivity contribution < 1.29 is 13.9 Å². The van der Waals surface area contributed by atoms with E-state index in [1.54, 1.807) is 11.3 Å². The monoisotopic (exact) mass is 327 g/mol. The molecule has 0 aliphatic heterocycles. The minimum atomic E-state index is -0.270. The standard InChI is InChI=1S/C18H17NO3S/c1-12-5-6-14(8-13(12)2)9-17(20)21-10-15-11-22-18(19-15)16-4-3-7-23-16/h3-8,11H,9-10H2,1-2H3. The highest BCUT2D eigenvalue weighted by Gasteiger charge is 2.10. The van der Waals surface area contributed by atoms with Crippen LogP contribution in [-0.2, 0) is 22.6 Å². The molecular weight excluding hydrogens is 310 g/mol. The molecule has 0 radical (unpaired) electrons. The average molecular weight is 327 g/mol. The lowest BCUT2D eigenvalue weighted by Gasteiger charge is -2.05. The Balaban J connectivity index is 1.55. The largest absolute Gasteiger partial charge is 0.459 e. The number of nitrogens with zero attached hydrogens (tertiary/aromatic N) is 1. The van der Waals surface area contributed by atoms with Gasteiger partial charge in [-0.05, 0) is 42.0 Å². The summed E-state index contributed by atoms with van der Waals surface area (Å²) >= 11 is 1.55. The number of thiophene rings is 1. The number of carbonyl (C=O) groups excluding carboxylic acids is 1. The van der Waals surface area contributed by atoms with Crippen LogP contribution in [0.3, 0.4) is 0 Å². The molecule has 0 amide bonds. The summed E-state index contributed by atoms with van der Waals surface area (Å²) in [4.78, 5) is 17.2. The highest BCUT2D eigenvalue weighted by molar-refractivity contribution is 7.13. The molecule has 0 atom stereocenters. The minimum Gasteiger partial charge on any atom is -0.459 e. The Hall–Kier alpha value is -2.40. The van der Waals surface area contributed by atoms with Gasteiger partial charge in [-0.15, -0.1) is 11.3 Å². The third kappa shape index (κ3) is 3.87. The number of ether oxygens (including phenoxy) is 1. The van der Waals surface area contributed by atoms with E-state index in [0.717, 1.165) is 10.4 Å². The summed E-state index contributed by atoms with van der Waals surface area (Å²) in [5.41, 5.74) is 3.96. The average Bonchev–Trinajstić information content (AvgIpc) is 3.19. The molecule has 0 aliphatic carbocycles. The van der Waals surface area contributed by atoms with Crippen molar-refractivity contribution >= 4 is 17.3 Å². The van der Waals surface area contributed by atoms with Crippen LogP contribution in [-0.4, -0.2) is 11.0 Å². The predicted molar refractivity (Wildman–Crippen MR) is 89.2 cm³/mol. The molecule has 2 heterocycles. The van der Waals surface area contributed by atoms with Crippen LogP contribution in [0.1, 0.15) is 22.4 Å². The predicted octanol–water partition coefficient (Wildman–Crippen LogP) is 4.31. The normalized spacial score (nSPS) is 10.7. The number of oxazole rings is 1. The fourth-order valence-corrected chi connectivity index (χ4v) is 2.83. The number of rotatable bonds is 5. The van der Waals surface area contributed by atoms with Crippen molar-refractivity contribution in [3.63, 3.8) is 0 Å². The molecule has 23 heavy (non-hydrogen) atoms. The second kappa shape index (κ2) is 6.79. The number of carbonyl (C=O) groups is 1. The van der Waals surface area contributed by atoms with Crippen molar-refractivity contribution in [3.8, 4) is 10.8 Å². The Morgan fingerprint density at radius 1 is 1.26 bits per heavy atom. The van der Waals surface area contributed by atoms with E-state index in [0.29, 0.717) is 11.6 Å². The zero-order chi connectivity index (χ0) is 16.2. The molecule has 3 rings (SSSR count). The van der Waals surface area contributed by atoms with Gasteiger partial charge < -0.3 is 9.15 Å². The van der Waals surface area contributed by atoms with Crippen LogP contribution in [0.5, 0.6) is 0 Å². The van der Waals surface area contributed by atoms with Crippen LogP contribution >= 0.6 is 11.3 Å². The lowest BCUT2D eigenvalue weighted by Crippen LogP contribution is -2.08. The van der Waals surface area contributed by atoms with Gasteiger partial charge in [-0.25, -0.2) is 4.98 Å². The van der Waals surface area contributed by atoms with E-state index in [2.05, 4.69) is 4.98 Å². The van der Waals surface area contributed by atoms with Crippen LogP contribution in [0.4, 0.5) is 0 Å². The third-order valence-electron chi connectivity index (χ3n) is 3.58. The SMILES string of the molecule is Cc1ccc(CC(=O)OCc2coc(-c3cccs3)n2)cc1C. The molecule has 2 aromatic heterocycles. The molecule has 5 heteroatoms. The molecule has 0 unspecified atom stereocenters. The first-order chi connectivity index (χ1) is 11.1. The summed E-state index contributed by atoms with van der Waals surface area (Å²) in [6, 6.07) is 9.86. The summed E-state index contributed by atoms with van der Waals surface area (Å²) in [6.07, 6.45) is 1.79. The van der Waals surface area contributed by atoms with E-state index in [9.17, 15) is 4.79 Å². The van der Waals surface area contributed by atoms with Gasteiger partial charge in [0.15, 0.2) is 0 Å². The maximum Gasteiger partial charge on any atom is 0.310 e. The van der Waals surface area contributed by atoms with Gasteiger partial charge in [0.2, 0.25) is 5.89 Å². The van der Waals surface area contributed by atoms with Crippen molar-refractivity contribution in [3.05, 3.63) is 64.4 Å². The lowest BCUT2D eigenvalue weighted by atomic mass is 10.0. The molecule has 0 N–H and O–H groups in total. The van der Waals surface area contributed by atoms with Crippen molar-refractivity contribution in [2.75, 3.05) is 0 Å². The molecule has 0 aliphatic rings. The first kappa shape index (κ1) is 15.5. The topological polar surface area (TPSA) is 52.3 Å². The van der Waals surface area contributed by atoms with Gasteiger partial charge in [-0.1, -0.05) is 24.3 Å². The summed E-state index contributed by atoms with van der Waals surface area (Å²) in [5.74, 6) is 0.286. The Morgan fingerprint density at radius 3 is 2.87 bits per heavy atom. The van der Waals surface area contributed by atoms with E-state index in [1.165, 1.54) is 17.4 Å². The molecule has 0 spiro atoms. The molecule has 0 saturated heterocycles. The zero-order valence-electron chi connectivity index (χ0n) is 13.0. The van der Waals surface area contributed by atoms with Crippen molar-refractivity contribution in [1.29, 1.82) is 0 Å². The van der Waals surface area contributed by atoms with Crippen LogP contribution < -0.4 is 0 Å². The van der Waals surface area contributed by atoms with Gasteiger partial charge in [0.05, 0.1) is 11.3 Å². The zero-order valence-corrected chi connectivity index (χ0v) is 13.9. The Kier molecular flexibility index (Phi) is 4.57. The Labute approximate surface area is 138 Å². The summed E-state index contributed by atoms with van der Waals surface area (Å²) < 4.78 is 10.7. The van der Waals surface area contributed by atoms with Gasteiger partial charge in [-0.2, -0.15) is 0 Å². The van der Waals surface area contributed by atoms with Crippen LogP contribution in [0.2, 0.25) is 0 Å². The number of aromatic nitrogens is 1. The van der Waals surface area contributed by atoms with Gasteiger partial charge in [0, 0.05) is 0 Å². The smallest absolute Gasteiger partial charge is 0.310 e. The molecule has 0 bridgehead atoms. The van der Waals surface area contributed by atoms with E-state index >= 15 is 0 Å². The number of benzene rings is 1. The van der Waals surface area contributed by atoms with Crippen molar-refractivity contribution in [2.45, 2.75) is 26.9 Å². The number of aryl methyl sites for hydroxylation is 2. The second-order valence-corrected chi connectivity index (χ2v) is 6.33. The first-order valence-corrected chi connectivity index (χ1v) is 8.20. The molecular formula is C18H17NO3S. The maximum atomic E-state index is 11.9. The second-order valence-electron chi connectivity index (χ2n) is 5.38. The fourth-order valence-electron chi connectivity index (χ4n) is 2.17. The van der Waals surface area contributed by atoms with Crippen molar-refractivity contribution in [1.82, 2.24) is 4.98 Å². The van der Waals surface area contributed by atoms with E-state index in [-0.39, 0.29) is 19.0 Å². The Morgan fingerprint density at radius 2 is 2.13 bits per heavy atom. The summed E-state index contributed by atoms with van der Waals surface area (Å²) in [5, 5.41) is 1.96. The maximum absolute atomic E-state index is 11.9. The van der Waals surface area contributed by atoms with E-state index in [4.69, 9.17) is 9.15 Å². The highest BCUT2D eigenvalue weighted by atomic mass is 32.1. The number of hydrogen-bond acceptors (Lipinski definition) is 5. The van der Waals surface area contributed by atoms with Crippen LogP contribution in [0, 0.1) is 13.8 Å². The fraction of sp³-hybridized carbons (Fsp3) is 0.222. The third-order valence-corrected chi connectivity index (χ3v) is 4.44. The molecule has 1 aromatic carbocycles. The summed E-state index contributed by atoms with van der Waals surface area (Å²) in [6.45, 7) is 4.21. The Bertz CT molecular complexity index is 806. The highest BCUT2D eigenvalue weighted by Crippen LogP contribution is 2.23.